The Morgan fingerprint density at radius 3 is 2.40 bits per heavy atom. The third-order valence-electron chi connectivity index (χ3n) is 1.77. The largest absolute Gasteiger partial charge is 0.454 e. The van der Waals surface area contributed by atoms with E-state index < -0.39 is 0 Å². The first kappa shape index (κ1) is 10.3. The van der Waals surface area contributed by atoms with Crippen LogP contribution in [0.5, 0.6) is 11.5 Å². The van der Waals surface area contributed by atoms with Crippen LogP contribution in [0, 0.1) is 0 Å². The van der Waals surface area contributed by atoms with Gasteiger partial charge in [-0.3, -0.25) is 0 Å². The molecule has 76 valence electrons. The highest BCUT2D eigenvalue weighted by Crippen LogP contribution is 2.27. The van der Waals surface area contributed by atoms with E-state index in [-0.39, 0.29) is 0 Å². The molecule has 0 N–H and O–H groups in total. The van der Waals surface area contributed by atoms with Crippen molar-refractivity contribution in [2.24, 2.45) is 0 Å². The van der Waals surface area contributed by atoms with E-state index in [1.54, 1.807) is 42.6 Å². The van der Waals surface area contributed by atoms with Crippen LogP contribution in [0.15, 0.2) is 42.6 Å². The first-order valence-electron chi connectivity index (χ1n) is 4.29. The van der Waals surface area contributed by atoms with Gasteiger partial charge in [-0.2, -0.15) is 0 Å². The molecule has 0 spiro atoms. The fraction of sp³-hybridized carbons (Fsp3) is 0. The molecular weight excluding hydrogens is 233 g/mol. The molecule has 0 bridgehead atoms. The molecule has 2 nitrogen and oxygen atoms in total. The number of hydrogen-bond donors (Lipinski definition) is 0. The highest BCUT2D eigenvalue weighted by Gasteiger charge is 2.02. The maximum absolute atomic E-state index is 5.84. The fourth-order valence-electron chi connectivity index (χ4n) is 1.08. The molecule has 0 radical (unpaired) electrons. The maximum atomic E-state index is 5.84. The zero-order chi connectivity index (χ0) is 10.7. The molecule has 2 rings (SSSR count). The van der Waals surface area contributed by atoms with Crippen LogP contribution in [0.25, 0.3) is 0 Å². The van der Waals surface area contributed by atoms with Crippen molar-refractivity contribution in [3.8, 4) is 11.5 Å². The van der Waals surface area contributed by atoms with Gasteiger partial charge >= 0.3 is 0 Å². The molecule has 2 aromatic rings. The van der Waals surface area contributed by atoms with Gasteiger partial charge in [0.2, 0.25) is 0 Å². The van der Waals surface area contributed by atoms with Crippen LogP contribution in [0.1, 0.15) is 0 Å². The molecule has 1 aromatic carbocycles. The van der Waals surface area contributed by atoms with Crippen molar-refractivity contribution in [3.63, 3.8) is 0 Å². The zero-order valence-electron chi connectivity index (χ0n) is 7.65. The third kappa shape index (κ3) is 2.61. The van der Waals surface area contributed by atoms with Gasteiger partial charge in [0, 0.05) is 11.2 Å². The molecule has 0 aliphatic rings. The van der Waals surface area contributed by atoms with E-state index in [2.05, 4.69) is 4.98 Å². The Balaban J connectivity index is 2.22. The van der Waals surface area contributed by atoms with Crippen LogP contribution in [-0.4, -0.2) is 4.98 Å². The van der Waals surface area contributed by atoms with E-state index in [1.807, 2.05) is 0 Å². The topological polar surface area (TPSA) is 22.1 Å². The number of ether oxygens (including phenoxy) is 1. The first-order valence-corrected chi connectivity index (χ1v) is 5.05. The Hall–Kier alpha value is -1.25. The highest BCUT2D eigenvalue weighted by molar-refractivity contribution is 6.31. The number of pyridine rings is 1. The molecule has 0 aliphatic heterocycles. The van der Waals surface area contributed by atoms with Crippen LogP contribution < -0.4 is 4.74 Å². The van der Waals surface area contributed by atoms with Crippen molar-refractivity contribution in [1.82, 2.24) is 4.98 Å². The summed E-state index contributed by atoms with van der Waals surface area (Å²) in [6.07, 6.45) is 1.61. The standard InChI is InChI=1S/C11H7Cl2NO/c12-8-3-5-9(6-4-8)15-10-2-1-7-14-11(10)13/h1-7H. The Morgan fingerprint density at radius 1 is 1.00 bits per heavy atom. The second-order valence-corrected chi connectivity index (χ2v) is 3.64. The van der Waals surface area contributed by atoms with E-state index in [9.17, 15) is 0 Å². The normalized spacial score (nSPS) is 10.0. The molecule has 0 aliphatic carbocycles. The monoisotopic (exact) mass is 239 g/mol. The third-order valence-corrected chi connectivity index (χ3v) is 2.30. The predicted molar refractivity (Wildman–Crippen MR) is 60.8 cm³/mol. The smallest absolute Gasteiger partial charge is 0.171 e. The number of rotatable bonds is 2. The second kappa shape index (κ2) is 4.51. The van der Waals surface area contributed by atoms with Gasteiger partial charge in [-0.15, -0.1) is 0 Å². The summed E-state index contributed by atoms with van der Waals surface area (Å²) in [4.78, 5) is 3.91. The quantitative estimate of drug-likeness (QED) is 0.734. The number of benzene rings is 1. The van der Waals surface area contributed by atoms with Crippen LogP contribution in [-0.2, 0) is 0 Å². The van der Waals surface area contributed by atoms with Crippen molar-refractivity contribution < 1.29 is 4.74 Å². The van der Waals surface area contributed by atoms with Crippen molar-refractivity contribution >= 4 is 23.2 Å². The molecule has 0 fully saturated rings. The van der Waals surface area contributed by atoms with Gasteiger partial charge in [0.05, 0.1) is 0 Å². The number of hydrogen-bond acceptors (Lipinski definition) is 2. The molecule has 0 saturated carbocycles. The van der Waals surface area contributed by atoms with Gasteiger partial charge in [-0.05, 0) is 36.4 Å². The Morgan fingerprint density at radius 2 is 1.73 bits per heavy atom. The molecule has 0 amide bonds. The van der Waals surface area contributed by atoms with Crippen LogP contribution >= 0.6 is 23.2 Å². The Labute approximate surface area is 97.4 Å². The first-order chi connectivity index (χ1) is 7.25. The van der Waals surface area contributed by atoms with Gasteiger partial charge in [0.1, 0.15) is 5.75 Å². The summed E-state index contributed by atoms with van der Waals surface area (Å²) in [7, 11) is 0. The van der Waals surface area contributed by atoms with E-state index in [4.69, 9.17) is 27.9 Å². The number of nitrogens with zero attached hydrogens (tertiary/aromatic N) is 1. The minimum absolute atomic E-state index is 0.340. The Bertz CT molecular complexity index is 456. The molecule has 15 heavy (non-hydrogen) atoms. The molecule has 1 aromatic heterocycles. The average molecular weight is 240 g/mol. The van der Waals surface area contributed by atoms with Gasteiger partial charge in [0.25, 0.3) is 0 Å². The summed E-state index contributed by atoms with van der Waals surface area (Å²) in [6, 6.07) is 10.6. The minimum Gasteiger partial charge on any atom is -0.454 e. The van der Waals surface area contributed by atoms with Crippen LogP contribution in [0.3, 0.4) is 0 Å². The lowest BCUT2D eigenvalue weighted by Gasteiger charge is -2.05. The SMILES string of the molecule is Clc1ccc(Oc2cccnc2Cl)cc1. The summed E-state index contributed by atoms with van der Waals surface area (Å²) >= 11 is 11.6. The molecule has 0 atom stereocenters. The lowest BCUT2D eigenvalue weighted by atomic mass is 10.3. The van der Waals surface area contributed by atoms with E-state index in [1.165, 1.54) is 0 Å². The van der Waals surface area contributed by atoms with Gasteiger partial charge in [-0.25, -0.2) is 4.98 Å². The summed E-state index contributed by atoms with van der Waals surface area (Å²) in [5.74, 6) is 1.20. The van der Waals surface area contributed by atoms with Gasteiger partial charge in [-0.1, -0.05) is 23.2 Å². The summed E-state index contributed by atoms with van der Waals surface area (Å²) in [5, 5.41) is 1.01. The maximum Gasteiger partial charge on any atom is 0.171 e. The summed E-state index contributed by atoms with van der Waals surface area (Å²) in [5.41, 5.74) is 0. The average Bonchev–Trinajstić information content (AvgIpc) is 2.25. The van der Waals surface area contributed by atoms with Crippen molar-refractivity contribution in [2.45, 2.75) is 0 Å². The number of aromatic nitrogens is 1. The van der Waals surface area contributed by atoms with Crippen LogP contribution in [0.2, 0.25) is 10.2 Å². The second-order valence-electron chi connectivity index (χ2n) is 2.85. The predicted octanol–water partition coefficient (Wildman–Crippen LogP) is 4.18. The van der Waals surface area contributed by atoms with Crippen molar-refractivity contribution in [2.75, 3.05) is 0 Å². The molecule has 0 unspecified atom stereocenters. The molecule has 4 heteroatoms. The van der Waals surface area contributed by atoms with Crippen LogP contribution in [0.4, 0.5) is 0 Å². The number of halogens is 2. The van der Waals surface area contributed by atoms with Crippen molar-refractivity contribution in [1.29, 1.82) is 0 Å². The Kier molecular flexibility index (Phi) is 3.09. The summed E-state index contributed by atoms with van der Waals surface area (Å²) < 4.78 is 5.51. The lowest BCUT2D eigenvalue weighted by Crippen LogP contribution is -1.86. The van der Waals surface area contributed by atoms with Gasteiger partial charge < -0.3 is 4.74 Å². The molecule has 0 saturated heterocycles. The van der Waals surface area contributed by atoms with E-state index >= 15 is 0 Å². The minimum atomic E-state index is 0.340. The highest BCUT2D eigenvalue weighted by atomic mass is 35.5. The molecular formula is C11H7Cl2NO. The summed E-state index contributed by atoms with van der Waals surface area (Å²) in [6.45, 7) is 0. The fourth-order valence-corrected chi connectivity index (χ4v) is 1.36. The van der Waals surface area contributed by atoms with Gasteiger partial charge in [0.15, 0.2) is 10.9 Å². The molecule has 1 heterocycles. The van der Waals surface area contributed by atoms with E-state index in [0.717, 1.165) is 0 Å². The van der Waals surface area contributed by atoms with Crippen molar-refractivity contribution in [3.05, 3.63) is 52.8 Å². The zero-order valence-corrected chi connectivity index (χ0v) is 9.16. The van der Waals surface area contributed by atoms with E-state index in [0.29, 0.717) is 21.7 Å². The lowest BCUT2D eigenvalue weighted by molar-refractivity contribution is 0.480.